The molecule has 0 amide bonds. The third-order valence-electron chi connectivity index (χ3n) is 3.84. The second kappa shape index (κ2) is 5.21. The Labute approximate surface area is 127 Å². The number of morpholine rings is 1. The molecule has 0 bridgehead atoms. The summed E-state index contributed by atoms with van der Waals surface area (Å²) in [5.74, 6) is 0.953. The minimum Gasteiger partial charge on any atom is -0.366 e. The summed E-state index contributed by atoms with van der Waals surface area (Å²) in [7, 11) is 0. The molecular weight excluding hydrogens is 264 g/mol. The maximum absolute atomic E-state index is 6.13. The molecule has 116 valence electrons. The van der Waals surface area contributed by atoms with E-state index in [4.69, 9.17) is 9.72 Å². The zero-order chi connectivity index (χ0) is 15.1. The molecule has 3 rings (SSSR count). The van der Waals surface area contributed by atoms with Crippen molar-refractivity contribution in [1.82, 2.24) is 15.3 Å². The maximum Gasteiger partial charge on any atom is 0.147 e. The Hall–Kier alpha value is -1.20. The molecule has 1 N–H and O–H groups in total. The first-order chi connectivity index (χ1) is 9.83. The first kappa shape index (κ1) is 14.7. The van der Waals surface area contributed by atoms with E-state index in [0.29, 0.717) is 6.04 Å². The molecule has 0 unspecified atom stereocenters. The second-order valence-electron chi connectivity index (χ2n) is 7.50. The monoisotopic (exact) mass is 290 g/mol. The van der Waals surface area contributed by atoms with Crippen LogP contribution in [0, 0.1) is 0 Å². The largest absolute Gasteiger partial charge is 0.366 e. The van der Waals surface area contributed by atoms with Crippen LogP contribution >= 0.6 is 0 Å². The van der Waals surface area contributed by atoms with E-state index >= 15 is 0 Å². The molecule has 5 heteroatoms. The lowest BCUT2D eigenvalue weighted by molar-refractivity contribution is -0.133. The first-order valence-corrected chi connectivity index (χ1v) is 7.82. The zero-order valence-corrected chi connectivity index (χ0v) is 13.5. The molecule has 0 atom stereocenters. The van der Waals surface area contributed by atoms with E-state index in [9.17, 15) is 0 Å². The molecule has 5 nitrogen and oxygen atoms in total. The van der Waals surface area contributed by atoms with Crippen LogP contribution in [-0.4, -0.2) is 40.3 Å². The number of anilines is 1. The average Bonchev–Trinajstić information content (AvgIpc) is 3.17. The van der Waals surface area contributed by atoms with Gasteiger partial charge in [0.25, 0.3) is 0 Å². The van der Waals surface area contributed by atoms with E-state index in [-0.39, 0.29) is 11.2 Å². The van der Waals surface area contributed by atoms with Gasteiger partial charge in [0.15, 0.2) is 0 Å². The van der Waals surface area contributed by atoms with E-state index < -0.39 is 0 Å². The summed E-state index contributed by atoms with van der Waals surface area (Å²) in [5, 5.41) is 3.49. The van der Waals surface area contributed by atoms with Crippen molar-refractivity contribution in [3.8, 4) is 0 Å². The number of aromatic nitrogens is 2. The van der Waals surface area contributed by atoms with Crippen LogP contribution in [0.4, 0.5) is 5.82 Å². The Kier molecular flexibility index (Phi) is 3.66. The zero-order valence-electron chi connectivity index (χ0n) is 13.5. The third-order valence-corrected chi connectivity index (χ3v) is 3.84. The average molecular weight is 290 g/mol. The number of hydrogen-bond donors (Lipinski definition) is 1. The van der Waals surface area contributed by atoms with Gasteiger partial charge in [-0.15, -0.1) is 0 Å². The van der Waals surface area contributed by atoms with Gasteiger partial charge in [0, 0.05) is 31.9 Å². The quantitative estimate of drug-likeness (QED) is 0.920. The van der Waals surface area contributed by atoms with Crippen LogP contribution in [0.25, 0.3) is 0 Å². The fraction of sp³-hybridized carbons (Fsp3) is 0.750. The molecule has 0 radical (unpaired) electrons. The Morgan fingerprint density at radius 1 is 1.19 bits per heavy atom. The highest BCUT2D eigenvalue weighted by Gasteiger charge is 2.38. The van der Waals surface area contributed by atoms with Crippen molar-refractivity contribution >= 4 is 5.82 Å². The van der Waals surface area contributed by atoms with Crippen molar-refractivity contribution in [1.29, 1.82) is 0 Å². The van der Waals surface area contributed by atoms with Gasteiger partial charge in [-0.05, 0) is 40.5 Å². The minimum absolute atomic E-state index is 0.175. The van der Waals surface area contributed by atoms with E-state index in [1.165, 1.54) is 12.8 Å². The van der Waals surface area contributed by atoms with Crippen LogP contribution in [0.5, 0.6) is 0 Å². The fourth-order valence-electron chi connectivity index (χ4n) is 3.12. The van der Waals surface area contributed by atoms with Crippen molar-refractivity contribution < 1.29 is 4.74 Å². The number of nitrogens with one attached hydrogen (secondary N) is 1. The molecule has 2 heterocycles. The Morgan fingerprint density at radius 3 is 2.48 bits per heavy atom. The lowest BCUT2D eigenvalue weighted by Crippen LogP contribution is -2.57. The van der Waals surface area contributed by atoms with Crippen molar-refractivity contribution in [2.45, 2.75) is 64.3 Å². The van der Waals surface area contributed by atoms with Gasteiger partial charge < -0.3 is 15.0 Å². The van der Waals surface area contributed by atoms with E-state index in [2.05, 4.69) is 42.9 Å². The molecule has 21 heavy (non-hydrogen) atoms. The van der Waals surface area contributed by atoms with Gasteiger partial charge >= 0.3 is 0 Å². The Morgan fingerprint density at radius 2 is 1.86 bits per heavy atom. The molecule has 0 spiro atoms. The normalized spacial score (nSPS) is 24.1. The molecule has 0 aromatic carbocycles. The smallest absolute Gasteiger partial charge is 0.147 e. The van der Waals surface area contributed by atoms with Gasteiger partial charge in [-0.2, -0.15) is 0 Å². The van der Waals surface area contributed by atoms with E-state index in [1.54, 1.807) is 0 Å². The standard InChI is InChI=1S/C16H26N4O/c1-15(2)10-20(11-16(3,4)21-15)14-9-17-7-13(19-14)8-18-12-5-6-12/h7,9,12,18H,5-6,8,10-11H2,1-4H3. The summed E-state index contributed by atoms with van der Waals surface area (Å²) >= 11 is 0. The van der Waals surface area contributed by atoms with Crippen molar-refractivity contribution in [3.63, 3.8) is 0 Å². The molecule has 2 fully saturated rings. The Balaban J connectivity index is 1.73. The molecule has 1 aliphatic heterocycles. The Bertz CT molecular complexity index is 495. The van der Waals surface area contributed by atoms with Crippen LogP contribution in [0.1, 0.15) is 46.2 Å². The van der Waals surface area contributed by atoms with Gasteiger partial charge in [0.2, 0.25) is 0 Å². The molecule has 1 aliphatic carbocycles. The molecule has 2 aliphatic rings. The third kappa shape index (κ3) is 3.92. The lowest BCUT2D eigenvalue weighted by atomic mass is 9.99. The van der Waals surface area contributed by atoms with Crippen molar-refractivity contribution in [2.75, 3.05) is 18.0 Å². The first-order valence-electron chi connectivity index (χ1n) is 7.82. The summed E-state index contributed by atoms with van der Waals surface area (Å²) in [6, 6.07) is 0.691. The highest BCUT2D eigenvalue weighted by Crippen LogP contribution is 2.30. The number of nitrogens with zero attached hydrogens (tertiary/aromatic N) is 3. The SMILES string of the molecule is CC1(C)CN(c2cncc(CNC3CC3)n2)CC(C)(C)O1. The van der Waals surface area contributed by atoms with Crippen molar-refractivity contribution in [2.24, 2.45) is 0 Å². The van der Waals surface area contributed by atoms with Gasteiger partial charge in [0.1, 0.15) is 5.82 Å². The molecule has 1 saturated heterocycles. The predicted molar refractivity (Wildman–Crippen MR) is 83.3 cm³/mol. The molecule has 1 aromatic heterocycles. The molecule has 1 aromatic rings. The van der Waals surface area contributed by atoms with Gasteiger partial charge in [-0.3, -0.25) is 4.98 Å². The number of rotatable bonds is 4. The topological polar surface area (TPSA) is 50.3 Å². The summed E-state index contributed by atoms with van der Waals surface area (Å²) in [6.45, 7) is 11.0. The minimum atomic E-state index is -0.175. The summed E-state index contributed by atoms with van der Waals surface area (Å²) in [5.41, 5.74) is 0.665. The van der Waals surface area contributed by atoms with Crippen LogP contribution in [0.2, 0.25) is 0 Å². The van der Waals surface area contributed by atoms with Gasteiger partial charge in [0.05, 0.1) is 23.1 Å². The summed E-state index contributed by atoms with van der Waals surface area (Å²) in [6.07, 6.45) is 6.30. The van der Waals surface area contributed by atoms with Crippen LogP contribution in [0.3, 0.4) is 0 Å². The fourth-order valence-corrected chi connectivity index (χ4v) is 3.12. The lowest BCUT2D eigenvalue weighted by Gasteiger charge is -2.47. The van der Waals surface area contributed by atoms with Gasteiger partial charge in [-0.1, -0.05) is 0 Å². The molecule has 1 saturated carbocycles. The number of hydrogen-bond acceptors (Lipinski definition) is 5. The van der Waals surface area contributed by atoms with E-state index in [1.807, 2.05) is 12.4 Å². The van der Waals surface area contributed by atoms with E-state index in [0.717, 1.165) is 31.1 Å². The summed E-state index contributed by atoms with van der Waals surface area (Å²) in [4.78, 5) is 11.4. The van der Waals surface area contributed by atoms with Crippen LogP contribution in [0.15, 0.2) is 12.4 Å². The highest BCUT2D eigenvalue weighted by molar-refractivity contribution is 5.38. The van der Waals surface area contributed by atoms with Crippen LogP contribution < -0.4 is 10.2 Å². The molecular formula is C16H26N4O. The predicted octanol–water partition coefficient (Wildman–Crippen LogP) is 2.12. The summed E-state index contributed by atoms with van der Waals surface area (Å²) < 4.78 is 6.13. The second-order valence-corrected chi connectivity index (χ2v) is 7.50. The number of ether oxygens (including phenoxy) is 1. The van der Waals surface area contributed by atoms with Gasteiger partial charge in [-0.25, -0.2) is 4.98 Å². The maximum atomic E-state index is 6.13. The highest BCUT2D eigenvalue weighted by atomic mass is 16.5. The van der Waals surface area contributed by atoms with Crippen molar-refractivity contribution in [3.05, 3.63) is 18.1 Å². The van der Waals surface area contributed by atoms with Crippen LogP contribution in [-0.2, 0) is 11.3 Å².